The average Bonchev–Trinajstić information content (AvgIpc) is 2.41. The third-order valence-electron chi connectivity index (χ3n) is 2.93. The number of benzene rings is 1. The molecule has 1 aliphatic rings. The molecule has 0 atom stereocenters. The quantitative estimate of drug-likeness (QED) is 0.895. The first-order valence-electron chi connectivity index (χ1n) is 5.90. The van der Waals surface area contributed by atoms with Crippen LogP contribution in [0.2, 0.25) is 0 Å². The third-order valence-corrected chi connectivity index (χ3v) is 3.62. The van der Waals surface area contributed by atoms with Crippen molar-refractivity contribution in [3.63, 3.8) is 0 Å². The fourth-order valence-electron chi connectivity index (χ4n) is 1.98. The van der Waals surface area contributed by atoms with Crippen LogP contribution in [0, 0.1) is 0 Å². The van der Waals surface area contributed by atoms with Gasteiger partial charge in [-0.3, -0.25) is 0 Å². The second kappa shape index (κ2) is 5.04. The Bertz CT molecular complexity index is 571. The number of aromatic nitrogens is 2. The van der Waals surface area contributed by atoms with E-state index >= 15 is 0 Å². The molecule has 0 radical (unpaired) electrons. The van der Waals surface area contributed by atoms with Crippen molar-refractivity contribution >= 4 is 27.6 Å². The molecule has 2 aromatic rings. The maximum absolute atomic E-state index is 4.57. The molecular formula is C13H13BrN4. The van der Waals surface area contributed by atoms with Gasteiger partial charge in [-0.15, -0.1) is 0 Å². The van der Waals surface area contributed by atoms with Gasteiger partial charge in [-0.2, -0.15) is 0 Å². The normalized spacial score (nSPS) is 14.1. The summed E-state index contributed by atoms with van der Waals surface area (Å²) in [6.07, 6.45) is 2.86. The van der Waals surface area contributed by atoms with E-state index in [1.807, 2.05) is 30.5 Å². The molecule has 3 rings (SSSR count). The van der Waals surface area contributed by atoms with Gasteiger partial charge in [-0.25, -0.2) is 9.97 Å². The van der Waals surface area contributed by atoms with Crippen molar-refractivity contribution in [2.75, 3.05) is 11.9 Å². The summed E-state index contributed by atoms with van der Waals surface area (Å²) in [6, 6.07) is 7.95. The van der Waals surface area contributed by atoms with Crippen LogP contribution < -0.4 is 10.6 Å². The van der Waals surface area contributed by atoms with Crippen molar-refractivity contribution in [2.24, 2.45) is 0 Å². The van der Waals surface area contributed by atoms with E-state index in [1.165, 1.54) is 5.56 Å². The van der Waals surface area contributed by atoms with Crippen molar-refractivity contribution in [2.45, 2.75) is 13.0 Å². The van der Waals surface area contributed by atoms with Gasteiger partial charge < -0.3 is 10.6 Å². The summed E-state index contributed by atoms with van der Waals surface area (Å²) in [4.78, 5) is 8.91. The Labute approximate surface area is 114 Å². The van der Waals surface area contributed by atoms with Gasteiger partial charge in [-0.1, -0.05) is 12.1 Å². The SMILES string of the molecule is Brc1ccccc1Nc1ncc2c(n1)CCNC2. The van der Waals surface area contributed by atoms with Crippen molar-refractivity contribution in [1.29, 1.82) is 0 Å². The predicted octanol–water partition coefficient (Wildman–Crippen LogP) is 2.63. The molecule has 92 valence electrons. The van der Waals surface area contributed by atoms with Gasteiger partial charge in [0, 0.05) is 35.7 Å². The van der Waals surface area contributed by atoms with Crippen molar-refractivity contribution in [1.82, 2.24) is 15.3 Å². The number of anilines is 2. The molecule has 0 spiro atoms. The molecule has 0 saturated heterocycles. The number of fused-ring (bicyclic) bond motifs is 1. The molecule has 2 N–H and O–H groups in total. The van der Waals surface area contributed by atoms with Crippen LogP contribution in [-0.2, 0) is 13.0 Å². The highest BCUT2D eigenvalue weighted by Gasteiger charge is 2.11. The van der Waals surface area contributed by atoms with Crippen molar-refractivity contribution < 1.29 is 0 Å². The van der Waals surface area contributed by atoms with Crippen LogP contribution in [0.5, 0.6) is 0 Å². The lowest BCUT2D eigenvalue weighted by atomic mass is 10.1. The Morgan fingerprint density at radius 1 is 1.28 bits per heavy atom. The topological polar surface area (TPSA) is 49.8 Å². The van der Waals surface area contributed by atoms with Gasteiger partial charge in [0.1, 0.15) is 0 Å². The van der Waals surface area contributed by atoms with E-state index in [0.717, 1.165) is 35.4 Å². The zero-order valence-corrected chi connectivity index (χ0v) is 11.4. The summed E-state index contributed by atoms with van der Waals surface area (Å²) in [5.74, 6) is 0.655. The highest BCUT2D eigenvalue weighted by Crippen LogP contribution is 2.24. The van der Waals surface area contributed by atoms with Crippen LogP contribution in [0.25, 0.3) is 0 Å². The lowest BCUT2D eigenvalue weighted by Gasteiger charge is -2.16. The van der Waals surface area contributed by atoms with Crippen LogP contribution >= 0.6 is 15.9 Å². The zero-order chi connectivity index (χ0) is 12.4. The maximum atomic E-state index is 4.57. The number of rotatable bonds is 2. The van der Waals surface area contributed by atoms with Gasteiger partial charge in [0.25, 0.3) is 0 Å². The van der Waals surface area contributed by atoms with Crippen molar-refractivity contribution in [3.8, 4) is 0 Å². The zero-order valence-electron chi connectivity index (χ0n) is 9.78. The Morgan fingerprint density at radius 2 is 2.17 bits per heavy atom. The smallest absolute Gasteiger partial charge is 0.227 e. The van der Waals surface area contributed by atoms with E-state index in [-0.39, 0.29) is 0 Å². The molecule has 0 fully saturated rings. The van der Waals surface area contributed by atoms with Crippen LogP contribution in [0.15, 0.2) is 34.9 Å². The molecular weight excluding hydrogens is 292 g/mol. The van der Waals surface area contributed by atoms with E-state index in [2.05, 4.69) is 36.5 Å². The number of halogens is 1. The second-order valence-corrected chi connectivity index (χ2v) is 5.05. The number of hydrogen-bond donors (Lipinski definition) is 2. The molecule has 1 aliphatic heterocycles. The van der Waals surface area contributed by atoms with Crippen LogP contribution in [-0.4, -0.2) is 16.5 Å². The number of para-hydroxylation sites is 1. The van der Waals surface area contributed by atoms with Crippen LogP contribution in [0.1, 0.15) is 11.3 Å². The van der Waals surface area contributed by atoms with Gasteiger partial charge in [0.15, 0.2) is 0 Å². The molecule has 18 heavy (non-hydrogen) atoms. The van der Waals surface area contributed by atoms with E-state index in [0.29, 0.717) is 5.95 Å². The summed E-state index contributed by atoms with van der Waals surface area (Å²) >= 11 is 3.50. The fourth-order valence-corrected chi connectivity index (χ4v) is 2.36. The third kappa shape index (κ3) is 2.37. The molecule has 0 aliphatic carbocycles. The molecule has 2 heterocycles. The highest BCUT2D eigenvalue weighted by molar-refractivity contribution is 9.10. The van der Waals surface area contributed by atoms with Gasteiger partial charge in [0.05, 0.1) is 11.4 Å². The van der Waals surface area contributed by atoms with Crippen LogP contribution in [0.4, 0.5) is 11.6 Å². The standard InChI is InChI=1S/C13H13BrN4/c14-10-3-1-2-4-12(10)18-13-16-8-9-7-15-6-5-11(9)17-13/h1-4,8,15H,5-7H2,(H,16,17,18). The van der Waals surface area contributed by atoms with Gasteiger partial charge >= 0.3 is 0 Å². The van der Waals surface area contributed by atoms with E-state index < -0.39 is 0 Å². The molecule has 0 bridgehead atoms. The molecule has 0 saturated carbocycles. The molecule has 5 heteroatoms. The molecule has 1 aromatic carbocycles. The van der Waals surface area contributed by atoms with Gasteiger partial charge in [0.2, 0.25) is 5.95 Å². The number of nitrogens with one attached hydrogen (secondary N) is 2. The van der Waals surface area contributed by atoms with Crippen LogP contribution in [0.3, 0.4) is 0 Å². The van der Waals surface area contributed by atoms with E-state index in [9.17, 15) is 0 Å². The minimum atomic E-state index is 0.655. The maximum Gasteiger partial charge on any atom is 0.227 e. The molecule has 0 unspecified atom stereocenters. The Balaban J connectivity index is 1.87. The molecule has 4 nitrogen and oxygen atoms in total. The van der Waals surface area contributed by atoms with E-state index in [4.69, 9.17) is 0 Å². The summed E-state index contributed by atoms with van der Waals surface area (Å²) in [5.41, 5.74) is 3.31. The Morgan fingerprint density at radius 3 is 3.06 bits per heavy atom. The largest absolute Gasteiger partial charge is 0.323 e. The summed E-state index contributed by atoms with van der Waals surface area (Å²) in [6.45, 7) is 1.85. The summed E-state index contributed by atoms with van der Waals surface area (Å²) in [5, 5.41) is 6.54. The number of nitrogens with zero attached hydrogens (tertiary/aromatic N) is 2. The first-order chi connectivity index (χ1) is 8.83. The first kappa shape index (κ1) is 11.6. The van der Waals surface area contributed by atoms with E-state index in [1.54, 1.807) is 0 Å². The lowest BCUT2D eigenvalue weighted by Crippen LogP contribution is -2.25. The Hall–Kier alpha value is -1.46. The molecule has 1 aromatic heterocycles. The minimum Gasteiger partial charge on any atom is -0.323 e. The highest BCUT2D eigenvalue weighted by atomic mass is 79.9. The van der Waals surface area contributed by atoms with Gasteiger partial charge in [-0.05, 0) is 28.1 Å². The fraction of sp³-hybridized carbons (Fsp3) is 0.231. The minimum absolute atomic E-state index is 0.655. The average molecular weight is 305 g/mol. The molecule has 0 amide bonds. The Kier molecular flexibility index (Phi) is 3.25. The predicted molar refractivity (Wildman–Crippen MR) is 74.9 cm³/mol. The summed E-state index contributed by atoms with van der Waals surface area (Å²) in [7, 11) is 0. The van der Waals surface area contributed by atoms with Crippen molar-refractivity contribution in [3.05, 3.63) is 46.2 Å². The monoisotopic (exact) mass is 304 g/mol. The lowest BCUT2D eigenvalue weighted by molar-refractivity contribution is 0.627. The first-order valence-corrected chi connectivity index (χ1v) is 6.69. The second-order valence-electron chi connectivity index (χ2n) is 4.20. The summed E-state index contributed by atoms with van der Waals surface area (Å²) < 4.78 is 1.01. The number of hydrogen-bond acceptors (Lipinski definition) is 4.